The predicted molar refractivity (Wildman–Crippen MR) is 90.6 cm³/mol. The number of nitrogens with one attached hydrogen (secondary N) is 1. The average Bonchev–Trinajstić information content (AvgIpc) is 3.14. The molecule has 0 saturated heterocycles. The molecule has 1 N–H and O–H groups in total. The van der Waals surface area contributed by atoms with Crippen molar-refractivity contribution in [3.05, 3.63) is 47.1 Å². The Labute approximate surface area is 134 Å². The lowest BCUT2D eigenvalue weighted by molar-refractivity contribution is 0.195. The zero-order chi connectivity index (χ0) is 13.8. The monoisotopic (exact) mass is 322 g/mol. The fourth-order valence-electron chi connectivity index (χ4n) is 2.11. The maximum absolute atomic E-state index is 6.15. The molecule has 0 fully saturated rings. The Balaban J connectivity index is 0.00000161. The molecule has 3 aromatic rings. The summed E-state index contributed by atoms with van der Waals surface area (Å²) in [4.78, 5) is 4.37. The lowest BCUT2D eigenvalue weighted by Gasteiger charge is -2.17. The van der Waals surface area contributed by atoms with Crippen LogP contribution in [0.5, 0.6) is 5.75 Å². The number of para-hydroxylation sites is 1. The summed E-state index contributed by atoms with van der Waals surface area (Å²) in [6.07, 6.45) is 4.30. The van der Waals surface area contributed by atoms with Crippen molar-refractivity contribution in [3.63, 3.8) is 0 Å². The topological polar surface area (TPSA) is 47.3 Å². The number of furan rings is 1. The Hall–Kier alpha value is -1.50. The van der Waals surface area contributed by atoms with Gasteiger partial charge in [0, 0.05) is 23.4 Å². The largest absolute Gasteiger partial charge is 0.479 e. The van der Waals surface area contributed by atoms with Crippen LogP contribution in [0.25, 0.3) is 11.0 Å². The summed E-state index contributed by atoms with van der Waals surface area (Å²) < 4.78 is 11.7. The zero-order valence-electron chi connectivity index (χ0n) is 11.7. The molecule has 1 aromatic carbocycles. The van der Waals surface area contributed by atoms with E-state index < -0.39 is 0 Å². The number of hydrogen-bond acceptors (Lipinski definition) is 5. The third-order valence-electron chi connectivity index (χ3n) is 3.10. The van der Waals surface area contributed by atoms with E-state index in [1.54, 1.807) is 17.6 Å². The van der Waals surface area contributed by atoms with Gasteiger partial charge in [0.2, 0.25) is 0 Å². The van der Waals surface area contributed by atoms with Crippen LogP contribution in [0.2, 0.25) is 0 Å². The summed E-state index contributed by atoms with van der Waals surface area (Å²) in [7, 11) is 1.94. The van der Waals surface area contributed by atoms with Crippen molar-refractivity contribution >= 4 is 35.8 Å². The van der Waals surface area contributed by atoms with Gasteiger partial charge in [0.1, 0.15) is 5.01 Å². The van der Waals surface area contributed by atoms with Crippen molar-refractivity contribution in [1.82, 2.24) is 10.3 Å². The third kappa shape index (κ3) is 3.58. The highest BCUT2D eigenvalue weighted by molar-refractivity contribution is 7.59. The van der Waals surface area contributed by atoms with Gasteiger partial charge >= 0.3 is 0 Å². The molecule has 0 radical (unpaired) electrons. The summed E-state index contributed by atoms with van der Waals surface area (Å²) in [5.41, 5.74) is 0.790. The Morgan fingerprint density at radius 2 is 2.29 bits per heavy atom. The van der Waals surface area contributed by atoms with Crippen LogP contribution in [-0.4, -0.2) is 18.6 Å². The number of nitrogens with zero attached hydrogens (tertiary/aromatic N) is 1. The van der Waals surface area contributed by atoms with Crippen molar-refractivity contribution in [1.29, 1.82) is 0 Å². The van der Waals surface area contributed by atoms with Gasteiger partial charge < -0.3 is 14.5 Å². The molecule has 0 unspecified atom stereocenters. The van der Waals surface area contributed by atoms with Gasteiger partial charge in [-0.15, -0.1) is 11.3 Å². The Bertz CT molecular complexity index is 667. The molecule has 3 rings (SSSR count). The Kier molecular flexibility index (Phi) is 5.67. The number of aromatic nitrogens is 1. The van der Waals surface area contributed by atoms with E-state index in [4.69, 9.17) is 9.15 Å². The molecular formula is C15H18N2O2S2. The van der Waals surface area contributed by atoms with Gasteiger partial charge in [-0.05, 0) is 25.7 Å². The fraction of sp³-hybridized carbons (Fsp3) is 0.267. The summed E-state index contributed by atoms with van der Waals surface area (Å²) in [6, 6.07) is 7.86. The van der Waals surface area contributed by atoms with Crippen LogP contribution in [0.15, 0.2) is 46.5 Å². The molecule has 112 valence electrons. The minimum absolute atomic E-state index is 0. The van der Waals surface area contributed by atoms with Crippen LogP contribution >= 0.6 is 24.8 Å². The van der Waals surface area contributed by atoms with E-state index in [0.717, 1.165) is 34.7 Å². The van der Waals surface area contributed by atoms with E-state index in [1.807, 2.05) is 42.9 Å². The minimum Gasteiger partial charge on any atom is -0.479 e. The van der Waals surface area contributed by atoms with Crippen molar-refractivity contribution < 1.29 is 9.15 Å². The van der Waals surface area contributed by atoms with Crippen LogP contribution in [0.3, 0.4) is 0 Å². The Morgan fingerprint density at radius 3 is 3.05 bits per heavy atom. The molecule has 0 bridgehead atoms. The first kappa shape index (κ1) is 15.9. The number of thiazole rings is 1. The standard InChI is InChI=1S/C15H16N2O2S.H2S/c1-16-7-5-13(15-17-8-10-20-15)19-12-4-2-3-11-6-9-18-14(11)12;/h2-4,6,8-10,13,16H,5,7H2,1H3;1H2/t13-;/m0./s1. The first-order valence-electron chi connectivity index (χ1n) is 6.55. The molecule has 2 aromatic heterocycles. The molecule has 0 aliphatic carbocycles. The Morgan fingerprint density at radius 1 is 1.38 bits per heavy atom. The summed E-state index contributed by atoms with van der Waals surface area (Å²) in [5, 5.41) is 7.16. The summed E-state index contributed by atoms with van der Waals surface area (Å²) >= 11 is 1.61. The van der Waals surface area contributed by atoms with E-state index in [9.17, 15) is 0 Å². The van der Waals surface area contributed by atoms with Crippen LogP contribution in [0, 0.1) is 0 Å². The van der Waals surface area contributed by atoms with E-state index >= 15 is 0 Å². The number of fused-ring (bicyclic) bond motifs is 1. The first-order valence-corrected chi connectivity index (χ1v) is 7.43. The van der Waals surface area contributed by atoms with Gasteiger partial charge in [-0.25, -0.2) is 4.98 Å². The quantitative estimate of drug-likeness (QED) is 0.751. The van der Waals surface area contributed by atoms with Gasteiger partial charge in [0.05, 0.1) is 6.26 Å². The highest BCUT2D eigenvalue weighted by atomic mass is 32.1. The van der Waals surface area contributed by atoms with Crippen molar-refractivity contribution in [2.75, 3.05) is 13.6 Å². The summed E-state index contributed by atoms with van der Waals surface area (Å²) in [5.74, 6) is 0.767. The van der Waals surface area contributed by atoms with Gasteiger partial charge in [0.15, 0.2) is 17.4 Å². The first-order chi connectivity index (χ1) is 9.88. The number of rotatable bonds is 6. The van der Waals surface area contributed by atoms with Gasteiger partial charge in [-0.3, -0.25) is 0 Å². The minimum atomic E-state index is -0.0573. The molecule has 2 heterocycles. The molecule has 0 aliphatic heterocycles. The second-order valence-corrected chi connectivity index (χ2v) is 5.39. The van der Waals surface area contributed by atoms with E-state index in [2.05, 4.69) is 10.3 Å². The van der Waals surface area contributed by atoms with E-state index in [-0.39, 0.29) is 19.6 Å². The van der Waals surface area contributed by atoms with Crippen LogP contribution in [-0.2, 0) is 0 Å². The second-order valence-electron chi connectivity index (χ2n) is 4.46. The lowest BCUT2D eigenvalue weighted by Crippen LogP contribution is -2.16. The smallest absolute Gasteiger partial charge is 0.175 e. The SMILES string of the molecule is CNCC[C@H](Oc1cccc2ccoc12)c1nccs1.S. The zero-order valence-corrected chi connectivity index (χ0v) is 13.5. The van der Waals surface area contributed by atoms with Crippen LogP contribution < -0.4 is 10.1 Å². The maximum Gasteiger partial charge on any atom is 0.175 e. The van der Waals surface area contributed by atoms with Crippen molar-refractivity contribution in [3.8, 4) is 5.75 Å². The molecule has 21 heavy (non-hydrogen) atoms. The normalized spacial score (nSPS) is 12.0. The van der Waals surface area contributed by atoms with Crippen molar-refractivity contribution in [2.24, 2.45) is 0 Å². The maximum atomic E-state index is 6.15. The molecule has 0 aliphatic rings. The van der Waals surface area contributed by atoms with Gasteiger partial charge in [0.25, 0.3) is 0 Å². The van der Waals surface area contributed by atoms with Gasteiger partial charge in [-0.1, -0.05) is 12.1 Å². The molecule has 1 atom stereocenters. The number of ether oxygens (including phenoxy) is 1. The molecule has 0 amide bonds. The van der Waals surface area contributed by atoms with Crippen LogP contribution in [0.1, 0.15) is 17.5 Å². The second kappa shape index (κ2) is 7.49. The molecular weight excluding hydrogens is 304 g/mol. The predicted octanol–water partition coefficient (Wildman–Crippen LogP) is 3.73. The molecule has 0 saturated carbocycles. The third-order valence-corrected chi connectivity index (χ3v) is 3.96. The summed E-state index contributed by atoms with van der Waals surface area (Å²) in [6.45, 7) is 0.873. The number of benzene rings is 1. The lowest BCUT2D eigenvalue weighted by atomic mass is 10.2. The van der Waals surface area contributed by atoms with E-state index in [0.29, 0.717) is 0 Å². The van der Waals surface area contributed by atoms with Crippen LogP contribution in [0.4, 0.5) is 0 Å². The average molecular weight is 322 g/mol. The van der Waals surface area contributed by atoms with Crippen molar-refractivity contribution in [2.45, 2.75) is 12.5 Å². The fourth-order valence-corrected chi connectivity index (χ4v) is 2.81. The molecule has 6 heteroatoms. The molecule has 0 spiro atoms. The van der Waals surface area contributed by atoms with E-state index in [1.165, 1.54) is 0 Å². The highest BCUT2D eigenvalue weighted by Gasteiger charge is 2.17. The highest BCUT2D eigenvalue weighted by Crippen LogP contribution is 2.32. The molecule has 4 nitrogen and oxygen atoms in total. The number of hydrogen-bond donors (Lipinski definition) is 1. The van der Waals surface area contributed by atoms with Gasteiger partial charge in [-0.2, -0.15) is 13.5 Å².